The summed E-state index contributed by atoms with van der Waals surface area (Å²) in [6.45, 7) is 3.13. The summed E-state index contributed by atoms with van der Waals surface area (Å²) in [5.41, 5.74) is 2.70. The van der Waals surface area contributed by atoms with E-state index in [2.05, 4.69) is 83.0 Å². The quantitative estimate of drug-likeness (QED) is 0.731. The molecule has 1 unspecified atom stereocenters. The maximum absolute atomic E-state index is 3.58. The monoisotopic (exact) mass is 349 g/mol. The Morgan fingerprint density at radius 2 is 1.90 bits per heavy atom. The first kappa shape index (κ1) is 15.6. The molecular formula is C17H20BrNS. The van der Waals surface area contributed by atoms with Gasteiger partial charge in [-0.15, -0.1) is 11.8 Å². The van der Waals surface area contributed by atoms with Gasteiger partial charge in [0, 0.05) is 15.4 Å². The number of benzene rings is 2. The smallest absolute Gasteiger partial charge is 0.0360 e. The zero-order chi connectivity index (χ0) is 14.4. The Balaban J connectivity index is 2.17. The molecule has 2 rings (SSSR count). The van der Waals surface area contributed by atoms with Crippen LogP contribution in [0.3, 0.4) is 0 Å². The highest BCUT2D eigenvalue weighted by molar-refractivity contribution is 9.10. The third kappa shape index (κ3) is 4.37. The van der Waals surface area contributed by atoms with Crippen LogP contribution in [0.25, 0.3) is 0 Å². The molecule has 2 aromatic rings. The van der Waals surface area contributed by atoms with Crippen LogP contribution < -0.4 is 5.32 Å². The van der Waals surface area contributed by atoms with Crippen LogP contribution >= 0.6 is 27.7 Å². The zero-order valence-electron chi connectivity index (χ0n) is 11.9. The third-order valence-electron chi connectivity index (χ3n) is 3.30. The lowest BCUT2D eigenvalue weighted by molar-refractivity contribution is 0.549. The summed E-state index contributed by atoms with van der Waals surface area (Å²) in [6, 6.07) is 17.8. The van der Waals surface area contributed by atoms with E-state index in [0.717, 1.165) is 17.4 Å². The summed E-state index contributed by atoms with van der Waals surface area (Å²) >= 11 is 5.32. The van der Waals surface area contributed by atoms with Crippen molar-refractivity contribution in [3.63, 3.8) is 0 Å². The van der Waals surface area contributed by atoms with Crippen molar-refractivity contribution in [1.82, 2.24) is 5.32 Å². The van der Waals surface area contributed by atoms with E-state index in [1.165, 1.54) is 16.0 Å². The molecule has 1 nitrogen and oxygen atoms in total. The summed E-state index contributed by atoms with van der Waals surface area (Å²) in [5.74, 6) is 0. The molecule has 3 heteroatoms. The molecule has 0 fully saturated rings. The molecule has 0 aliphatic heterocycles. The standard InChI is InChI=1S/C17H20BrNS/c1-3-19-17(12-13-5-4-6-15(18)11-13)14-7-9-16(20-2)10-8-14/h4-11,17,19H,3,12H2,1-2H3. The average molecular weight is 350 g/mol. The van der Waals surface area contributed by atoms with Crippen LogP contribution in [0.5, 0.6) is 0 Å². The van der Waals surface area contributed by atoms with Gasteiger partial charge in [0.05, 0.1) is 0 Å². The number of rotatable bonds is 6. The molecule has 0 radical (unpaired) electrons. The van der Waals surface area contributed by atoms with Crippen molar-refractivity contribution < 1.29 is 0 Å². The van der Waals surface area contributed by atoms with Crippen molar-refractivity contribution in [3.05, 3.63) is 64.1 Å². The Morgan fingerprint density at radius 3 is 2.50 bits per heavy atom. The van der Waals surface area contributed by atoms with Crippen LogP contribution in [0, 0.1) is 0 Å². The van der Waals surface area contributed by atoms with E-state index in [1.54, 1.807) is 11.8 Å². The Kier molecular flexibility index (Phi) is 6.14. The zero-order valence-corrected chi connectivity index (χ0v) is 14.3. The highest BCUT2D eigenvalue weighted by Crippen LogP contribution is 2.23. The Hall–Kier alpha value is -0.770. The molecule has 0 saturated heterocycles. The first-order chi connectivity index (χ1) is 9.72. The lowest BCUT2D eigenvalue weighted by atomic mass is 9.99. The summed E-state index contributed by atoms with van der Waals surface area (Å²) < 4.78 is 1.14. The minimum Gasteiger partial charge on any atom is -0.310 e. The molecular weight excluding hydrogens is 330 g/mol. The van der Waals surface area contributed by atoms with E-state index >= 15 is 0 Å². The molecule has 0 saturated carbocycles. The molecule has 0 bridgehead atoms. The topological polar surface area (TPSA) is 12.0 Å². The van der Waals surface area contributed by atoms with E-state index in [4.69, 9.17) is 0 Å². The normalized spacial score (nSPS) is 12.3. The Labute approximate surface area is 134 Å². The minimum absolute atomic E-state index is 0.366. The maximum Gasteiger partial charge on any atom is 0.0360 e. The predicted molar refractivity (Wildman–Crippen MR) is 92.5 cm³/mol. The largest absolute Gasteiger partial charge is 0.310 e. The number of hydrogen-bond donors (Lipinski definition) is 1. The van der Waals surface area contributed by atoms with E-state index < -0.39 is 0 Å². The van der Waals surface area contributed by atoms with Crippen LogP contribution in [0.15, 0.2) is 57.9 Å². The van der Waals surface area contributed by atoms with Gasteiger partial charge in [-0.3, -0.25) is 0 Å². The van der Waals surface area contributed by atoms with Crippen LogP contribution in [0.2, 0.25) is 0 Å². The average Bonchev–Trinajstić information content (AvgIpc) is 2.47. The van der Waals surface area contributed by atoms with Gasteiger partial charge < -0.3 is 5.32 Å². The SMILES string of the molecule is CCNC(Cc1cccc(Br)c1)c1ccc(SC)cc1. The molecule has 0 aliphatic carbocycles. The molecule has 0 spiro atoms. The highest BCUT2D eigenvalue weighted by Gasteiger charge is 2.11. The Bertz CT molecular complexity index is 539. The molecule has 1 atom stereocenters. The van der Waals surface area contributed by atoms with Crippen molar-refractivity contribution in [3.8, 4) is 0 Å². The fourth-order valence-electron chi connectivity index (χ4n) is 2.29. The third-order valence-corrected chi connectivity index (χ3v) is 4.53. The molecule has 106 valence electrons. The van der Waals surface area contributed by atoms with Crippen LogP contribution in [0.4, 0.5) is 0 Å². The molecule has 1 N–H and O–H groups in total. The van der Waals surface area contributed by atoms with E-state index in [0.29, 0.717) is 6.04 Å². The Morgan fingerprint density at radius 1 is 1.15 bits per heavy atom. The first-order valence-electron chi connectivity index (χ1n) is 6.84. The minimum atomic E-state index is 0.366. The van der Waals surface area contributed by atoms with Gasteiger partial charge in [-0.05, 0) is 54.6 Å². The van der Waals surface area contributed by atoms with Crippen LogP contribution in [-0.4, -0.2) is 12.8 Å². The predicted octanol–water partition coefficient (Wildman–Crippen LogP) is 5.06. The van der Waals surface area contributed by atoms with Crippen molar-refractivity contribution in [2.24, 2.45) is 0 Å². The van der Waals surface area contributed by atoms with E-state index in [-0.39, 0.29) is 0 Å². The molecule has 20 heavy (non-hydrogen) atoms. The molecule has 0 amide bonds. The second-order valence-corrected chi connectivity index (χ2v) is 6.51. The molecule has 0 heterocycles. The van der Waals surface area contributed by atoms with Gasteiger partial charge in [0.2, 0.25) is 0 Å². The second-order valence-electron chi connectivity index (χ2n) is 4.72. The van der Waals surface area contributed by atoms with Gasteiger partial charge in [-0.25, -0.2) is 0 Å². The highest BCUT2D eigenvalue weighted by atomic mass is 79.9. The number of likely N-dealkylation sites (N-methyl/N-ethyl adjacent to an activating group) is 1. The first-order valence-corrected chi connectivity index (χ1v) is 8.86. The number of halogens is 1. The second kappa shape index (κ2) is 7.87. The summed E-state index contributed by atoms with van der Waals surface area (Å²) in [4.78, 5) is 1.31. The molecule has 0 aliphatic rings. The number of nitrogens with one attached hydrogen (secondary N) is 1. The number of thioether (sulfide) groups is 1. The van der Waals surface area contributed by atoms with Crippen molar-refractivity contribution in [2.45, 2.75) is 24.3 Å². The summed E-state index contributed by atoms with van der Waals surface area (Å²) in [7, 11) is 0. The number of hydrogen-bond acceptors (Lipinski definition) is 2. The summed E-state index contributed by atoms with van der Waals surface area (Å²) in [6.07, 6.45) is 3.12. The van der Waals surface area contributed by atoms with Crippen molar-refractivity contribution in [2.75, 3.05) is 12.8 Å². The van der Waals surface area contributed by atoms with Gasteiger partial charge >= 0.3 is 0 Å². The van der Waals surface area contributed by atoms with Gasteiger partial charge in [-0.1, -0.05) is 47.1 Å². The van der Waals surface area contributed by atoms with E-state index in [1.807, 2.05) is 0 Å². The summed E-state index contributed by atoms with van der Waals surface area (Å²) in [5, 5.41) is 3.58. The van der Waals surface area contributed by atoms with Crippen molar-refractivity contribution >= 4 is 27.7 Å². The van der Waals surface area contributed by atoms with Gasteiger partial charge in [0.15, 0.2) is 0 Å². The van der Waals surface area contributed by atoms with Gasteiger partial charge in [-0.2, -0.15) is 0 Å². The van der Waals surface area contributed by atoms with Crippen molar-refractivity contribution in [1.29, 1.82) is 0 Å². The van der Waals surface area contributed by atoms with E-state index in [9.17, 15) is 0 Å². The lowest BCUT2D eigenvalue weighted by Crippen LogP contribution is -2.22. The van der Waals surface area contributed by atoms with Gasteiger partial charge in [0.1, 0.15) is 0 Å². The lowest BCUT2D eigenvalue weighted by Gasteiger charge is -2.19. The van der Waals surface area contributed by atoms with Crippen LogP contribution in [0.1, 0.15) is 24.1 Å². The maximum atomic E-state index is 3.58. The van der Waals surface area contributed by atoms with Gasteiger partial charge in [0.25, 0.3) is 0 Å². The fourth-order valence-corrected chi connectivity index (χ4v) is 3.15. The van der Waals surface area contributed by atoms with Crippen LogP contribution in [-0.2, 0) is 6.42 Å². The molecule has 2 aromatic carbocycles. The molecule has 0 aromatic heterocycles. The fraction of sp³-hybridized carbons (Fsp3) is 0.294.